The lowest BCUT2D eigenvalue weighted by atomic mass is 10.2. The number of amides is 1. The van der Waals surface area contributed by atoms with E-state index >= 15 is 0 Å². The van der Waals surface area contributed by atoms with Crippen LogP contribution in [-0.4, -0.2) is 68.8 Å². The fourth-order valence-electron chi connectivity index (χ4n) is 2.28. The molecule has 1 amide bonds. The first kappa shape index (κ1) is 13.8. The molecule has 1 saturated carbocycles. The third kappa shape index (κ3) is 2.97. The number of carbonyl (C=O) groups excluding carboxylic acids is 1. The molecule has 1 unspecified atom stereocenters. The van der Waals surface area contributed by atoms with E-state index in [1.807, 2.05) is 4.57 Å². The first-order chi connectivity index (χ1) is 9.79. The van der Waals surface area contributed by atoms with Crippen molar-refractivity contribution < 1.29 is 14.6 Å². The zero-order valence-electron chi connectivity index (χ0n) is 11.1. The number of ether oxygens (including phenoxy) is 1. The highest BCUT2D eigenvalue weighted by Gasteiger charge is 2.29. The number of aromatic nitrogens is 3. The van der Waals surface area contributed by atoms with E-state index in [0.717, 1.165) is 18.0 Å². The summed E-state index contributed by atoms with van der Waals surface area (Å²) in [7, 11) is 0. The first-order valence-electron chi connectivity index (χ1n) is 6.80. The summed E-state index contributed by atoms with van der Waals surface area (Å²) in [6, 6.07) is 0.286. The number of carbonyl (C=O) groups is 1. The van der Waals surface area contributed by atoms with E-state index in [4.69, 9.17) is 4.74 Å². The third-order valence-corrected chi connectivity index (χ3v) is 4.51. The molecule has 20 heavy (non-hydrogen) atoms. The van der Waals surface area contributed by atoms with Crippen molar-refractivity contribution in [1.29, 1.82) is 0 Å². The Labute approximate surface area is 121 Å². The Morgan fingerprint density at radius 3 is 3.15 bits per heavy atom. The van der Waals surface area contributed by atoms with Gasteiger partial charge in [0, 0.05) is 12.6 Å². The largest absolute Gasteiger partial charge is 0.394 e. The average molecular weight is 298 g/mol. The highest BCUT2D eigenvalue weighted by atomic mass is 32.2. The number of thioether (sulfide) groups is 1. The van der Waals surface area contributed by atoms with Crippen molar-refractivity contribution in [2.45, 2.75) is 30.1 Å². The normalized spacial score (nSPS) is 23.1. The second-order valence-electron chi connectivity index (χ2n) is 5.04. The summed E-state index contributed by atoms with van der Waals surface area (Å²) in [6.45, 7) is 1.42. The van der Waals surface area contributed by atoms with E-state index < -0.39 is 0 Å². The fraction of sp³-hybridized carbons (Fsp3) is 0.750. The van der Waals surface area contributed by atoms with Gasteiger partial charge in [-0.05, 0) is 12.8 Å². The van der Waals surface area contributed by atoms with Crippen LogP contribution in [-0.2, 0) is 9.53 Å². The number of hydrogen-bond donors (Lipinski definition) is 1. The second-order valence-corrected chi connectivity index (χ2v) is 5.98. The Hall–Kier alpha value is -1.12. The van der Waals surface area contributed by atoms with Gasteiger partial charge >= 0.3 is 0 Å². The lowest BCUT2D eigenvalue weighted by Gasteiger charge is -2.34. The minimum atomic E-state index is -0.224. The second kappa shape index (κ2) is 6.11. The summed E-state index contributed by atoms with van der Waals surface area (Å²) in [5.41, 5.74) is 0. The molecule has 1 aliphatic carbocycles. The highest BCUT2D eigenvalue weighted by Crippen LogP contribution is 2.37. The van der Waals surface area contributed by atoms with Crippen LogP contribution in [0.4, 0.5) is 0 Å². The van der Waals surface area contributed by atoms with Crippen LogP contribution >= 0.6 is 11.8 Å². The quantitative estimate of drug-likeness (QED) is 0.766. The molecule has 1 N–H and O–H groups in total. The van der Waals surface area contributed by atoms with Crippen LogP contribution in [0.2, 0.25) is 0 Å². The Morgan fingerprint density at radius 2 is 2.40 bits per heavy atom. The zero-order valence-corrected chi connectivity index (χ0v) is 12.0. The van der Waals surface area contributed by atoms with Crippen molar-refractivity contribution >= 4 is 17.7 Å². The Balaban J connectivity index is 1.56. The van der Waals surface area contributed by atoms with Gasteiger partial charge in [-0.3, -0.25) is 4.79 Å². The third-order valence-electron chi connectivity index (χ3n) is 3.56. The first-order valence-corrected chi connectivity index (χ1v) is 7.78. The van der Waals surface area contributed by atoms with Crippen LogP contribution in [0.5, 0.6) is 0 Å². The van der Waals surface area contributed by atoms with Crippen molar-refractivity contribution in [1.82, 2.24) is 19.7 Å². The van der Waals surface area contributed by atoms with Crippen molar-refractivity contribution in [3.05, 3.63) is 6.33 Å². The summed E-state index contributed by atoms with van der Waals surface area (Å²) in [5.74, 6) is 0.338. The Kier molecular flexibility index (Phi) is 4.23. The smallest absolute Gasteiger partial charge is 0.233 e. The van der Waals surface area contributed by atoms with Gasteiger partial charge in [-0.2, -0.15) is 0 Å². The minimum absolute atomic E-state index is 0.0164. The number of rotatable bonds is 5. The summed E-state index contributed by atoms with van der Waals surface area (Å²) in [4.78, 5) is 13.9. The van der Waals surface area contributed by atoms with E-state index in [9.17, 15) is 9.90 Å². The van der Waals surface area contributed by atoms with E-state index in [0.29, 0.717) is 31.6 Å². The van der Waals surface area contributed by atoms with Crippen molar-refractivity contribution in [3.8, 4) is 0 Å². The van der Waals surface area contributed by atoms with E-state index in [1.165, 1.54) is 11.8 Å². The van der Waals surface area contributed by atoms with E-state index in [2.05, 4.69) is 10.2 Å². The summed E-state index contributed by atoms with van der Waals surface area (Å²) >= 11 is 1.41. The number of nitrogens with zero attached hydrogens (tertiary/aromatic N) is 4. The molecule has 1 aromatic rings. The van der Waals surface area contributed by atoms with E-state index in [-0.39, 0.29) is 18.6 Å². The molecule has 7 nitrogen and oxygen atoms in total. The van der Waals surface area contributed by atoms with Crippen LogP contribution in [0.1, 0.15) is 18.9 Å². The zero-order chi connectivity index (χ0) is 13.9. The molecule has 2 heterocycles. The molecule has 2 aliphatic rings. The van der Waals surface area contributed by atoms with Crippen LogP contribution in [0, 0.1) is 0 Å². The molecular weight excluding hydrogens is 280 g/mol. The number of morpholine rings is 1. The maximum atomic E-state index is 12.2. The van der Waals surface area contributed by atoms with Gasteiger partial charge in [-0.25, -0.2) is 0 Å². The number of aliphatic hydroxyl groups excluding tert-OH is 1. The van der Waals surface area contributed by atoms with Crippen LogP contribution in [0.25, 0.3) is 0 Å². The van der Waals surface area contributed by atoms with E-state index in [1.54, 1.807) is 11.2 Å². The monoisotopic (exact) mass is 298 g/mol. The predicted molar refractivity (Wildman–Crippen MR) is 72.4 cm³/mol. The fourth-order valence-corrected chi connectivity index (χ4v) is 3.15. The highest BCUT2D eigenvalue weighted by molar-refractivity contribution is 7.99. The molecule has 1 aromatic heterocycles. The lowest BCUT2D eigenvalue weighted by molar-refractivity contribution is -0.138. The lowest BCUT2D eigenvalue weighted by Crippen LogP contribution is -2.51. The molecule has 0 radical (unpaired) electrons. The summed E-state index contributed by atoms with van der Waals surface area (Å²) in [5, 5.41) is 18.1. The van der Waals surface area contributed by atoms with Gasteiger partial charge in [0.15, 0.2) is 5.16 Å². The van der Waals surface area contributed by atoms with Gasteiger partial charge < -0.3 is 19.3 Å². The molecular formula is C12H18N4O3S. The van der Waals surface area contributed by atoms with Gasteiger partial charge in [0.1, 0.15) is 6.33 Å². The predicted octanol–water partition coefficient (Wildman–Crippen LogP) is -0.0752. The van der Waals surface area contributed by atoms with Gasteiger partial charge in [0.05, 0.1) is 31.6 Å². The average Bonchev–Trinajstić information content (AvgIpc) is 3.23. The molecule has 3 rings (SSSR count). The van der Waals surface area contributed by atoms with Gasteiger partial charge in [-0.15, -0.1) is 10.2 Å². The summed E-state index contributed by atoms with van der Waals surface area (Å²) in [6.07, 6.45) is 4.06. The minimum Gasteiger partial charge on any atom is -0.394 e. The van der Waals surface area contributed by atoms with Crippen molar-refractivity contribution in [2.24, 2.45) is 0 Å². The van der Waals surface area contributed by atoms with Crippen LogP contribution in [0.15, 0.2) is 11.5 Å². The molecule has 110 valence electrons. The molecule has 0 aromatic carbocycles. The number of hydrogen-bond acceptors (Lipinski definition) is 6. The SMILES string of the molecule is O=C(CSc1nncn1C1CC1)N1CCOCC1CO. The number of aliphatic hydroxyl groups is 1. The molecule has 1 aliphatic heterocycles. The van der Waals surface area contributed by atoms with Gasteiger partial charge in [-0.1, -0.05) is 11.8 Å². The molecule has 1 atom stereocenters. The van der Waals surface area contributed by atoms with Crippen molar-refractivity contribution in [2.75, 3.05) is 32.1 Å². The Morgan fingerprint density at radius 1 is 1.55 bits per heavy atom. The standard InChI is InChI=1S/C12H18N4O3S/c17-5-10-6-19-4-3-15(10)11(18)7-20-12-14-13-8-16(12)9-1-2-9/h8-10,17H,1-7H2. The van der Waals surface area contributed by atoms with Gasteiger partial charge in [0.2, 0.25) is 5.91 Å². The van der Waals surface area contributed by atoms with Crippen LogP contribution in [0.3, 0.4) is 0 Å². The maximum absolute atomic E-state index is 12.2. The Bertz CT molecular complexity index is 477. The summed E-state index contributed by atoms with van der Waals surface area (Å²) < 4.78 is 7.32. The maximum Gasteiger partial charge on any atom is 0.233 e. The molecule has 8 heteroatoms. The molecule has 0 spiro atoms. The molecule has 0 bridgehead atoms. The van der Waals surface area contributed by atoms with Gasteiger partial charge in [0.25, 0.3) is 0 Å². The molecule has 1 saturated heterocycles. The molecule has 2 fully saturated rings. The van der Waals surface area contributed by atoms with Crippen molar-refractivity contribution in [3.63, 3.8) is 0 Å². The topological polar surface area (TPSA) is 80.5 Å². The van der Waals surface area contributed by atoms with Crippen LogP contribution < -0.4 is 0 Å².